The van der Waals surface area contributed by atoms with E-state index in [-0.39, 0.29) is 10.7 Å². The molecule has 1 atom stereocenters. The highest BCUT2D eigenvalue weighted by molar-refractivity contribution is 9.10. The van der Waals surface area contributed by atoms with Crippen LogP contribution in [0.25, 0.3) is 0 Å². The monoisotopic (exact) mass is 303 g/mol. The van der Waals surface area contributed by atoms with Gasteiger partial charge >= 0.3 is 5.97 Å². The van der Waals surface area contributed by atoms with Gasteiger partial charge in [0.1, 0.15) is 5.00 Å². The molecule has 1 aliphatic heterocycles. The van der Waals surface area contributed by atoms with Crippen LogP contribution in [0.4, 0.5) is 5.00 Å². The molecule has 1 fully saturated rings. The first-order valence-electron chi connectivity index (χ1n) is 4.76. The second-order valence-corrected chi connectivity index (χ2v) is 5.38. The molecule has 0 bridgehead atoms. The lowest BCUT2D eigenvalue weighted by atomic mass is 10.3. The molecule has 0 N–H and O–H groups in total. The second kappa shape index (κ2) is 4.55. The third-order valence-corrected chi connectivity index (χ3v) is 4.22. The van der Waals surface area contributed by atoms with Crippen LogP contribution >= 0.6 is 27.3 Å². The summed E-state index contributed by atoms with van der Waals surface area (Å²) >= 11 is 4.69. The van der Waals surface area contributed by atoms with Crippen molar-refractivity contribution >= 4 is 44.1 Å². The van der Waals surface area contributed by atoms with Gasteiger partial charge in [0, 0.05) is 6.54 Å². The van der Waals surface area contributed by atoms with E-state index in [1.54, 1.807) is 16.3 Å². The Kier molecular flexibility index (Phi) is 3.30. The van der Waals surface area contributed by atoms with Gasteiger partial charge in [0.05, 0.1) is 17.5 Å². The van der Waals surface area contributed by atoms with Crippen LogP contribution in [0, 0.1) is 0 Å². The van der Waals surface area contributed by atoms with Gasteiger partial charge in [0.2, 0.25) is 5.91 Å². The maximum absolute atomic E-state index is 11.8. The van der Waals surface area contributed by atoms with Crippen molar-refractivity contribution in [1.29, 1.82) is 0 Å². The lowest BCUT2D eigenvalue weighted by Crippen LogP contribution is -2.27. The van der Waals surface area contributed by atoms with Crippen LogP contribution in [0.5, 0.6) is 0 Å². The molecule has 0 saturated carbocycles. The summed E-state index contributed by atoms with van der Waals surface area (Å²) in [5, 5.41) is 2.47. The predicted octanol–water partition coefficient (Wildman–Crippen LogP) is 2.03. The minimum atomic E-state index is -0.401. The number of carbonyl (C=O) groups is 2. The third-order valence-electron chi connectivity index (χ3n) is 2.44. The fourth-order valence-electron chi connectivity index (χ4n) is 1.62. The number of hydrogen-bond acceptors (Lipinski definition) is 4. The Bertz CT molecular complexity index is 431. The van der Waals surface area contributed by atoms with Gasteiger partial charge in [0.15, 0.2) is 0 Å². The zero-order chi connectivity index (χ0) is 11.7. The van der Waals surface area contributed by atoms with Gasteiger partial charge in [-0.25, -0.2) is 4.79 Å². The summed E-state index contributed by atoms with van der Waals surface area (Å²) in [5.74, 6) is -0.394. The summed E-state index contributed by atoms with van der Waals surface area (Å²) in [5.41, 5.74) is 0.461. The summed E-state index contributed by atoms with van der Waals surface area (Å²) in [4.78, 5) is 24.8. The van der Waals surface area contributed by atoms with Crippen LogP contribution in [-0.4, -0.2) is 30.4 Å². The van der Waals surface area contributed by atoms with E-state index in [4.69, 9.17) is 0 Å². The van der Waals surface area contributed by atoms with Crippen molar-refractivity contribution in [2.45, 2.75) is 11.2 Å². The van der Waals surface area contributed by atoms with Gasteiger partial charge in [0.25, 0.3) is 0 Å². The van der Waals surface area contributed by atoms with Gasteiger partial charge in [-0.15, -0.1) is 11.3 Å². The zero-order valence-electron chi connectivity index (χ0n) is 8.60. The number of nitrogens with zero attached hydrogens (tertiary/aromatic N) is 1. The molecule has 4 nitrogen and oxygen atoms in total. The first-order valence-corrected chi connectivity index (χ1v) is 6.56. The standard InChI is InChI=1S/C10H10BrNO3S/c1-15-10(14)6-3-5-16-9(6)12-4-2-7(11)8(12)13/h3,5,7H,2,4H2,1H3. The number of thiophene rings is 1. The largest absolute Gasteiger partial charge is 0.465 e. The van der Waals surface area contributed by atoms with Crippen LogP contribution in [0.15, 0.2) is 11.4 Å². The number of rotatable bonds is 2. The summed E-state index contributed by atoms with van der Waals surface area (Å²) in [6, 6.07) is 1.68. The lowest BCUT2D eigenvalue weighted by Gasteiger charge is -2.14. The SMILES string of the molecule is COC(=O)c1ccsc1N1CCC(Br)C1=O. The molecule has 2 heterocycles. The number of esters is 1. The molecule has 0 aliphatic carbocycles. The Labute approximate surface area is 105 Å². The van der Waals surface area contributed by atoms with Crippen LogP contribution in [0.3, 0.4) is 0 Å². The highest BCUT2D eigenvalue weighted by Crippen LogP contribution is 2.33. The van der Waals surface area contributed by atoms with Crippen molar-refractivity contribution < 1.29 is 14.3 Å². The Hall–Kier alpha value is -0.880. The van der Waals surface area contributed by atoms with Gasteiger partial charge in [-0.1, -0.05) is 15.9 Å². The predicted molar refractivity (Wildman–Crippen MR) is 65.3 cm³/mol. The number of carbonyl (C=O) groups excluding carboxylic acids is 2. The Morgan fingerprint density at radius 2 is 2.44 bits per heavy atom. The molecule has 1 aliphatic rings. The quantitative estimate of drug-likeness (QED) is 0.620. The topological polar surface area (TPSA) is 46.6 Å². The van der Waals surface area contributed by atoms with Crippen molar-refractivity contribution in [3.63, 3.8) is 0 Å². The van der Waals surface area contributed by atoms with Gasteiger partial charge in [-0.05, 0) is 17.9 Å². The molecule has 0 spiro atoms. The molecule has 2 rings (SSSR count). The summed E-state index contributed by atoms with van der Waals surface area (Å²) < 4.78 is 4.67. The maximum atomic E-state index is 11.8. The van der Waals surface area contributed by atoms with E-state index in [1.807, 2.05) is 0 Å². The molecule has 0 aromatic carbocycles. The van der Waals surface area contributed by atoms with Gasteiger partial charge in [-0.3, -0.25) is 4.79 Å². The molecule has 1 unspecified atom stereocenters. The van der Waals surface area contributed by atoms with E-state index in [0.717, 1.165) is 6.42 Å². The number of anilines is 1. The first-order chi connectivity index (χ1) is 7.65. The zero-order valence-corrected chi connectivity index (χ0v) is 11.0. The van der Waals surface area contributed by atoms with Crippen molar-refractivity contribution in [2.75, 3.05) is 18.6 Å². The van der Waals surface area contributed by atoms with Crippen molar-refractivity contribution in [2.24, 2.45) is 0 Å². The molecule has 1 aromatic heterocycles. The summed E-state index contributed by atoms with van der Waals surface area (Å²) in [6.45, 7) is 0.638. The van der Waals surface area contributed by atoms with Crippen LogP contribution < -0.4 is 4.90 Å². The van der Waals surface area contributed by atoms with Gasteiger partial charge < -0.3 is 9.64 Å². The van der Waals surface area contributed by atoms with E-state index in [2.05, 4.69) is 20.7 Å². The average molecular weight is 304 g/mol. The normalized spacial score (nSPS) is 20.2. The molecule has 1 saturated heterocycles. The molecule has 1 aromatic rings. The van der Waals surface area contributed by atoms with E-state index >= 15 is 0 Å². The van der Waals surface area contributed by atoms with E-state index < -0.39 is 5.97 Å². The Morgan fingerprint density at radius 1 is 1.69 bits per heavy atom. The fourth-order valence-corrected chi connectivity index (χ4v) is 2.99. The summed E-state index contributed by atoms with van der Waals surface area (Å²) in [7, 11) is 1.34. The third kappa shape index (κ3) is 1.87. The smallest absolute Gasteiger partial charge is 0.340 e. The lowest BCUT2D eigenvalue weighted by molar-refractivity contribution is -0.116. The van der Waals surface area contributed by atoms with Crippen LogP contribution in [0.2, 0.25) is 0 Å². The number of methoxy groups -OCH3 is 1. The minimum Gasteiger partial charge on any atom is -0.465 e. The maximum Gasteiger partial charge on any atom is 0.340 e. The number of amides is 1. The molecule has 6 heteroatoms. The average Bonchev–Trinajstić information content (AvgIpc) is 2.86. The van der Waals surface area contributed by atoms with Gasteiger partial charge in [-0.2, -0.15) is 0 Å². The Balaban J connectivity index is 2.31. The molecule has 0 radical (unpaired) electrons. The number of hydrogen-bond donors (Lipinski definition) is 0. The van der Waals surface area contributed by atoms with Crippen molar-refractivity contribution in [3.05, 3.63) is 17.0 Å². The molecule has 1 amide bonds. The minimum absolute atomic E-state index is 0.00704. The van der Waals surface area contributed by atoms with Crippen molar-refractivity contribution in [1.82, 2.24) is 0 Å². The number of alkyl halides is 1. The van der Waals surface area contributed by atoms with E-state index in [9.17, 15) is 9.59 Å². The highest BCUT2D eigenvalue weighted by Gasteiger charge is 2.33. The highest BCUT2D eigenvalue weighted by atomic mass is 79.9. The Morgan fingerprint density at radius 3 is 3.00 bits per heavy atom. The number of ether oxygens (including phenoxy) is 1. The second-order valence-electron chi connectivity index (χ2n) is 3.38. The van der Waals surface area contributed by atoms with Crippen LogP contribution in [0.1, 0.15) is 16.8 Å². The van der Waals surface area contributed by atoms with Crippen molar-refractivity contribution in [3.8, 4) is 0 Å². The molecular formula is C10H10BrNO3S. The van der Waals surface area contributed by atoms with E-state index in [1.165, 1.54) is 18.4 Å². The fraction of sp³-hybridized carbons (Fsp3) is 0.400. The molecular weight excluding hydrogens is 294 g/mol. The molecule has 16 heavy (non-hydrogen) atoms. The van der Waals surface area contributed by atoms with Crippen LogP contribution in [-0.2, 0) is 9.53 Å². The summed E-state index contributed by atoms with van der Waals surface area (Å²) in [6.07, 6.45) is 0.761. The number of halogens is 1. The molecule has 86 valence electrons. The van der Waals surface area contributed by atoms with E-state index in [0.29, 0.717) is 17.1 Å². The first kappa shape index (κ1) is 11.6.